The number of ether oxygens (including phenoxy) is 1. The average Bonchev–Trinajstić information content (AvgIpc) is 2.87. The highest BCUT2D eigenvalue weighted by molar-refractivity contribution is 6.03. The van der Waals surface area contributed by atoms with Crippen molar-refractivity contribution < 1.29 is 9.53 Å². The van der Waals surface area contributed by atoms with Gasteiger partial charge in [0.25, 0.3) is 0 Å². The van der Waals surface area contributed by atoms with E-state index in [-0.39, 0.29) is 11.9 Å². The number of methoxy groups -OCH3 is 1. The highest BCUT2D eigenvalue weighted by atomic mass is 16.5. The van der Waals surface area contributed by atoms with Crippen LogP contribution >= 0.6 is 0 Å². The fraction of sp³-hybridized carbons (Fsp3) is 0.600. The van der Waals surface area contributed by atoms with Gasteiger partial charge in [0.15, 0.2) is 5.82 Å². The summed E-state index contributed by atoms with van der Waals surface area (Å²) < 4.78 is 5.24. The smallest absolute Gasteiger partial charge is 0.247 e. The Morgan fingerprint density at radius 3 is 3.05 bits per heavy atom. The first-order chi connectivity index (χ1) is 9.78. The molecule has 3 unspecified atom stereocenters. The molecular formula is C15H19N3O2. The van der Waals surface area contributed by atoms with Gasteiger partial charge in [0, 0.05) is 12.1 Å². The summed E-state index contributed by atoms with van der Waals surface area (Å²) in [6.45, 7) is 0. The molecule has 5 heteroatoms. The first-order valence-electron chi connectivity index (χ1n) is 7.42. The second-order valence-corrected chi connectivity index (χ2v) is 5.98. The number of carbonyl (C=O) groups excluding carboxylic acids is 1. The molecular weight excluding hydrogens is 254 g/mol. The molecule has 1 saturated carbocycles. The molecule has 3 heterocycles. The predicted molar refractivity (Wildman–Crippen MR) is 76.0 cm³/mol. The van der Waals surface area contributed by atoms with E-state index in [1.165, 1.54) is 25.7 Å². The molecule has 1 saturated heterocycles. The normalized spacial score (nSPS) is 31.1. The maximum atomic E-state index is 12.3. The van der Waals surface area contributed by atoms with Crippen molar-refractivity contribution in [2.75, 3.05) is 17.3 Å². The Labute approximate surface area is 118 Å². The van der Waals surface area contributed by atoms with Crippen LogP contribution in [-0.4, -0.2) is 30.1 Å². The number of pyridine rings is 1. The van der Waals surface area contributed by atoms with E-state index in [9.17, 15) is 4.79 Å². The SMILES string of the molecule is COc1ccc2c(n1)N1C(CC3CCCCC31)C(=O)N2. The zero-order chi connectivity index (χ0) is 13.7. The average molecular weight is 273 g/mol. The Hall–Kier alpha value is -1.78. The third kappa shape index (κ3) is 1.62. The van der Waals surface area contributed by atoms with Crippen molar-refractivity contribution in [3.8, 4) is 5.88 Å². The zero-order valence-corrected chi connectivity index (χ0v) is 11.6. The molecule has 2 aliphatic heterocycles. The molecule has 4 rings (SSSR count). The van der Waals surface area contributed by atoms with Crippen LogP contribution in [-0.2, 0) is 4.79 Å². The molecule has 3 aliphatic rings. The highest BCUT2D eigenvalue weighted by Crippen LogP contribution is 2.46. The zero-order valence-electron chi connectivity index (χ0n) is 11.6. The summed E-state index contributed by atoms with van der Waals surface area (Å²) in [5.41, 5.74) is 0.818. The lowest BCUT2D eigenvalue weighted by Gasteiger charge is -2.38. The van der Waals surface area contributed by atoms with Crippen LogP contribution in [0.1, 0.15) is 32.1 Å². The number of hydrogen-bond acceptors (Lipinski definition) is 4. The topological polar surface area (TPSA) is 54.5 Å². The van der Waals surface area contributed by atoms with Gasteiger partial charge in [0.1, 0.15) is 6.04 Å². The second kappa shape index (κ2) is 4.36. The Balaban J connectivity index is 1.79. The summed E-state index contributed by atoms with van der Waals surface area (Å²) in [5, 5.41) is 2.99. The molecule has 0 spiro atoms. The van der Waals surface area contributed by atoms with Gasteiger partial charge in [0.05, 0.1) is 12.8 Å². The van der Waals surface area contributed by atoms with Gasteiger partial charge >= 0.3 is 0 Å². The largest absolute Gasteiger partial charge is 0.481 e. The van der Waals surface area contributed by atoms with Crippen LogP contribution in [0.3, 0.4) is 0 Å². The van der Waals surface area contributed by atoms with Crippen LogP contribution in [0.15, 0.2) is 12.1 Å². The fourth-order valence-electron chi connectivity index (χ4n) is 4.05. The molecule has 3 atom stereocenters. The van der Waals surface area contributed by atoms with E-state index in [2.05, 4.69) is 15.2 Å². The van der Waals surface area contributed by atoms with Gasteiger partial charge in [-0.1, -0.05) is 12.8 Å². The number of anilines is 2. The third-order valence-corrected chi connectivity index (χ3v) is 4.95. The molecule has 106 valence electrons. The van der Waals surface area contributed by atoms with Crippen LogP contribution in [0.25, 0.3) is 0 Å². The minimum absolute atomic E-state index is 0.0461. The number of fused-ring (bicyclic) bond motifs is 5. The lowest BCUT2D eigenvalue weighted by molar-refractivity contribution is -0.117. The molecule has 1 aromatic heterocycles. The lowest BCUT2D eigenvalue weighted by atomic mass is 9.85. The Kier molecular flexibility index (Phi) is 2.62. The molecule has 1 amide bonds. The summed E-state index contributed by atoms with van der Waals surface area (Å²) in [6.07, 6.45) is 5.93. The van der Waals surface area contributed by atoms with Crippen LogP contribution in [0.5, 0.6) is 5.88 Å². The van der Waals surface area contributed by atoms with E-state index in [0.717, 1.165) is 17.9 Å². The number of nitrogens with one attached hydrogen (secondary N) is 1. The first-order valence-corrected chi connectivity index (χ1v) is 7.42. The van der Waals surface area contributed by atoms with Crippen molar-refractivity contribution in [3.05, 3.63) is 12.1 Å². The standard InChI is InChI=1S/C15H19N3O2/c1-20-13-7-6-10-14(17-13)18-11-5-3-2-4-9(11)8-12(18)15(19)16-10/h6-7,9,11-12H,2-5,8H2,1H3,(H,16,19). The molecule has 2 fully saturated rings. The second-order valence-electron chi connectivity index (χ2n) is 5.98. The molecule has 1 aromatic rings. The Morgan fingerprint density at radius 1 is 1.35 bits per heavy atom. The Morgan fingerprint density at radius 2 is 2.20 bits per heavy atom. The van der Waals surface area contributed by atoms with Crippen molar-refractivity contribution in [1.82, 2.24) is 4.98 Å². The van der Waals surface area contributed by atoms with Crippen molar-refractivity contribution in [3.63, 3.8) is 0 Å². The molecule has 0 aromatic carbocycles. The maximum absolute atomic E-state index is 12.3. The predicted octanol–water partition coefficient (Wildman–Crippen LogP) is 2.18. The summed E-state index contributed by atoms with van der Waals surface area (Å²) in [4.78, 5) is 19.2. The molecule has 5 nitrogen and oxygen atoms in total. The van der Waals surface area contributed by atoms with Crippen molar-refractivity contribution in [1.29, 1.82) is 0 Å². The number of aromatic nitrogens is 1. The minimum atomic E-state index is -0.0461. The van der Waals surface area contributed by atoms with Crippen molar-refractivity contribution >= 4 is 17.4 Å². The van der Waals surface area contributed by atoms with Crippen molar-refractivity contribution in [2.45, 2.75) is 44.2 Å². The molecule has 1 aliphatic carbocycles. The Bertz CT molecular complexity index is 560. The highest BCUT2D eigenvalue weighted by Gasteiger charge is 2.48. The summed E-state index contributed by atoms with van der Waals surface area (Å²) in [5.74, 6) is 2.26. The monoisotopic (exact) mass is 273 g/mol. The number of nitrogens with zero attached hydrogens (tertiary/aromatic N) is 2. The van der Waals surface area contributed by atoms with Gasteiger partial charge in [0.2, 0.25) is 11.8 Å². The summed E-state index contributed by atoms with van der Waals surface area (Å²) >= 11 is 0. The van der Waals surface area contributed by atoms with Gasteiger partial charge in [-0.05, 0) is 31.2 Å². The number of rotatable bonds is 1. The quantitative estimate of drug-likeness (QED) is 0.852. The van der Waals surface area contributed by atoms with Crippen LogP contribution in [0.2, 0.25) is 0 Å². The number of carbonyl (C=O) groups is 1. The van der Waals surface area contributed by atoms with E-state index in [1.807, 2.05) is 6.07 Å². The van der Waals surface area contributed by atoms with Crippen LogP contribution in [0.4, 0.5) is 11.5 Å². The van der Waals surface area contributed by atoms with Gasteiger partial charge < -0.3 is 15.0 Å². The van der Waals surface area contributed by atoms with Gasteiger partial charge in [-0.2, -0.15) is 4.98 Å². The fourth-order valence-corrected chi connectivity index (χ4v) is 4.05. The molecule has 1 N–H and O–H groups in total. The van der Waals surface area contributed by atoms with E-state index in [4.69, 9.17) is 4.74 Å². The third-order valence-electron chi connectivity index (χ3n) is 4.95. The van der Waals surface area contributed by atoms with Gasteiger partial charge in [-0.15, -0.1) is 0 Å². The minimum Gasteiger partial charge on any atom is -0.481 e. The van der Waals surface area contributed by atoms with E-state index in [0.29, 0.717) is 17.8 Å². The van der Waals surface area contributed by atoms with E-state index >= 15 is 0 Å². The molecule has 0 radical (unpaired) electrons. The van der Waals surface area contributed by atoms with Gasteiger partial charge in [-0.3, -0.25) is 4.79 Å². The van der Waals surface area contributed by atoms with E-state index < -0.39 is 0 Å². The summed E-state index contributed by atoms with van der Waals surface area (Å²) in [6, 6.07) is 4.12. The molecule has 20 heavy (non-hydrogen) atoms. The van der Waals surface area contributed by atoms with E-state index in [1.54, 1.807) is 13.2 Å². The maximum Gasteiger partial charge on any atom is 0.247 e. The first kappa shape index (κ1) is 12.0. The number of amides is 1. The summed E-state index contributed by atoms with van der Waals surface area (Å²) in [7, 11) is 1.63. The molecule has 0 bridgehead atoms. The van der Waals surface area contributed by atoms with Crippen LogP contribution < -0.4 is 15.0 Å². The lowest BCUT2D eigenvalue weighted by Crippen LogP contribution is -2.48. The van der Waals surface area contributed by atoms with Crippen molar-refractivity contribution in [2.24, 2.45) is 5.92 Å². The number of hydrogen-bond donors (Lipinski definition) is 1. The van der Waals surface area contributed by atoms with Gasteiger partial charge in [-0.25, -0.2) is 0 Å². The van der Waals surface area contributed by atoms with Crippen LogP contribution in [0, 0.1) is 5.92 Å².